The van der Waals surface area contributed by atoms with E-state index in [2.05, 4.69) is 9.97 Å². The molecule has 0 radical (unpaired) electrons. The predicted molar refractivity (Wildman–Crippen MR) is 56.8 cm³/mol. The zero-order valence-corrected chi connectivity index (χ0v) is 8.97. The Morgan fingerprint density at radius 1 is 1.06 bits per heavy atom. The average molecular weight is 260 g/mol. The monoisotopic (exact) mass is 259 g/mol. The van der Waals surface area contributed by atoms with Gasteiger partial charge < -0.3 is 5.73 Å². The first-order valence-corrected chi connectivity index (χ1v) is 4.80. The standard InChI is InChI=1S/C10H5ClF3N3/c11-6-9(16-3-17-10(6)15)4-1-2-5(12)8(14)7(4)13/h1-3H,(H2,15,16,17). The van der Waals surface area contributed by atoms with Crippen LogP contribution in [0.3, 0.4) is 0 Å². The van der Waals surface area contributed by atoms with E-state index in [1.165, 1.54) is 0 Å². The molecule has 0 spiro atoms. The lowest BCUT2D eigenvalue weighted by Crippen LogP contribution is -1.99. The van der Waals surface area contributed by atoms with Gasteiger partial charge in [-0.05, 0) is 12.1 Å². The van der Waals surface area contributed by atoms with E-state index in [4.69, 9.17) is 17.3 Å². The van der Waals surface area contributed by atoms with E-state index in [0.29, 0.717) is 0 Å². The number of aromatic nitrogens is 2. The van der Waals surface area contributed by atoms with Crippen molar-refractivity contribution < 1.29 is 13.2 Å². The molecule has 2 rings (SSSR count). The molecule has 88 valence electrons. The lowest BCUT2D eigenvalue weighted by molar-refractivity contribution is 0.449. The quantitative estimate of drug-likeness (QED) is 0.801. The SMILES string of the molecule is Nc1ncnc(-c2ccc(F)c(F)c2F)c1Cl. The summed E-state index contributed by atoms with van der Waals surface area (Å²) in [6.45, 7) is 0. The molecule has 2 N–H and O–H groups in total. The van der Waals surface area contributed by atoms with Crippen molar-refractivity contribution in [2.24, 2.45) is 0 Å². The second kappa shape index (κ2) is 4.21. The van der Waals surface area contributed by atoms with Gasteiger partial charge in [-0.1, -0.05) is 11.6 Å². The molecule has 0 aliphatic carbocycles. The van der Waals surface area contributed by atoms with Gasteiger partial charge in [-0.15, -0.1) is 0 Å². The van der Waals surface area contributed by atoms with Crippen molar-refractivity contribution >= 4 is 17.4 Å². The van der Waals surface area contributed by atoms with Gasteiger partial charge in [-0.25, -0.2) is 23.1 Å². The van der Waals surface area contributed by atoms with Gasteiger partial charge in [0.25, 0.3) is 0 Å². The molecular weight excluding hydrogens is 255 g/mol. The third-order valence-corrected chi connectivity index (χ3v) is 2.48. The maximum atomic E-state index is 13.5. The minimum Gasteiger partial charge on any atom is -0.382 e. The molecule has 2 aromatic rings. The van der Waals surface area contributed by atoms with Crippen LogP contribution in [0.2, 0.25) is 5.02 Å². The highest BCUT2D eigenvalue weighted by Gasteiger charge is 2.18. The number of hydrogen-bond donors (Lipinski definition) is 1. The smallest absolute Gasteiger partial charge is 0.195 e. The summed E-state index contributed by atoms with van der Waals surface area (Å²) in [5.41, 5.74) is 5.04. The molecule has 0 aliphatic heterocycles. The summed E-state index contributed by atoms with van der Waals surface area (Å²) >= 11 is 5.76. The molecule has 7 heteroatoms. The molecule has 0 bridgehead atoms. The van der Waals surface area contributed by atoms with Crippen LogP contribution >= 0.6 is 11.6 Å². The molecule has 0 fully saturated rings. The van der Waals surface area contributed by atoms with Crippen LogP contribution in [0.15, 0.2) is 18.5 Å². The molecule has 17 heavy (non-hydrogen) atoms. The Bertz CT molecular complexity index is 589. The highest BCUT2D eigenvalue weighted by molar-refractivity contribution is 6.35. The van der Waals surface area contributed by atoms with Crippen molar-refractivity contribution in [2.45, 2.75) is 0 Å². The van der Waals surface area contributed by atoms with Crippen molar-refractivity contribution in [1.82, 2.24) is 9.97 Å². The Morgan fingerprint density at radius 2 is 1.76 bits per heavy atom. The topological polar surface area (TPSA) is 51.8 Å². The van der Waals surface area contributed by atoms with Gasteiger partial charge >= 0.3 is 0 Å². The van der Waals surface area contributed by atoms with Crippen molar-refractivity contribution in [3.05, 3.63) is 40.9 Å². The molecule has 3 nitrogen and oxygen atoms in total. The highest BCUT2D eigenvalue weighted by atomic mass is 35.5. The molecule has 0 aliphatic rings. The third kappa shape index (κ3) is 1.91. The van der Waals surface area contributed by atoms with Crippen LogP contribution in [0.25, 0.3) is 11.3 Å². The Labute approximate surface area is 99.1 Å². The second-order valence-electron chi connectivity index (χ2n) is 3.14. The summed E-state index contributed by atoms with van der Waals surface area (Å²) in [5, 5.41) is -0.114. The van der Waals surface area contributed by atoms with Crippen LogP contribution in [0.4, 0.5) is 19.0 Å². The molecule has 0 saturated carbocycles. The number of anilines is 1. The summed E-state index contributed by atoms with van der Waals surface area (Å²) in [6.07, 6.45) is 1.05. The number of rotatable bonds is 1. The minimum absolute atomic E-state index is 0.0687. The summed E-state index contributed by atoms with van der Waals surface area (Å²) in [5.74, 6) is -4.31. The fraction of sp³-hybridized carbons (Fsp3) is 0. The van der Waals surface area contributed by atoms with E-state index in [1.54, 1.807) is 0 Å². The number of nitrogen functional groups attached to an aromatic ring is 1. The van der Waals surface area contributed by atoms with Crippen molar-refractivity contribution in [3.8, 4) is 11.3 Å². The third-order valence-electron chi connectivity index (χ3n) is 2.11. The Hall–Kier alpha value is -1.82. The molecular formula is C10H5ClF3N3. The average Bonchev–Trinajstić information content (AvgIpc) is 2.31. The van der Waals surface area contributed by atoms with Crippen LogP contribution in [-0.4, -0.2) is 9.97 Å². The molecule has 1 aromatic heterocycles. The van der Waals surface area contributed by atoms with Crippen molar-refractivity contribution in [2.75, 3.05) is 5.73 Å². The van der Waals surface area contributed by atoms with E-state index in [9.17, 15) is 13.2 Å². The number of benzene rings is 1. The zero-order chi connectivity index (χ0) is 12.6. The second-order valence-corrected chi connectivity index (χ2v) is 3.52. The molecule has 1 heterocycles. The predicted octanol–water partition coefficient (Wildman–Crippen LogP) is 2.80. The van der Waals surface area contributed by atoms with Gasteiger partial charge in [-0.2, -0.15) is 0 Å². The summed E-state index contributed by atoms with van der Waals surface area (Å²) in [6, 6.07) is 1.81. The first-order valence-electron chi connectivity index (χ1n) is 4.42. The Morgan fingerprint density at radius 3 is 2.47 bits per heavy atom. The maximum absolute atomic E-state index is 13.5. The molecule has 1 aromatic carbocycles. The molecule has 0 unspecified atom stereocenters. The van der Waals surface area contributed by atoms with Gasteiger partial charge in [0.1, 0.15) is 17.2 Å². The summed E-state index contributed by atoms with van der Waals surface area (Å²) in [7, 11) is 0. The largest absolute Gasteiger partial charge is 0.382 e. The lowest BCUT2D eigenvalue weighted by Gasteiger charge is -2.06. The number of hydrogen-bond acceptors (Lipinski definition) is 3. The van der Waals surface area contributed by atoms with Crippen molar-refractivity contribution in [3.63, 3.8) is 0 Å². The van der Waals surface area contributed by atoms with Crippen LogP contribution in [-0.2, 0) is 0 Å². The number of nitrogens with zero attached hydrogens (tertiary/aromatic N) is 2. The van der Waals surface area contributed by atoms with Gasteiger partial charge in [0.2, 0.25) is 0 Å². The van der Waals surface area contributed by atoms with E-state index >= 15 is 0 Å². The normalized spacial score (nSPS) is 10.6. The number of nitrogens with two attached hydrogens (primary N) is 1. The van der Waals surface area contributed by atoms with Gasteiger partial charge in [0, 0.05) is 5.56 Å². The van der Waals surface area contributed by atoms with Gasteiger partial charge in [0.15, 0.2) is 17.5 Å². The fourth-order valence-corrected chi connectivity index (χ4v) is 1.48. The van der Waals surface area contributed by atoms with Crippen molar-refractivity contribution in [1.29, 1.82) is 0 Å². The zero-order valence-electron chi connectivity index (χ0n) is 8.22. The Balaban J connectivity index is 2.69. The van der Waals surface area contributed by atoms with Crippen LogP contribution in [0.5, 0.6) is 0 Å². The number of halogens is 4. The summed E-state index contributed by atoms with van der Waals surface area (Å²) in [4.78, 5) is 7.27. The Kier molecular flexibility index (Phi) is 2.89. The first kappa shape index (κ1) is 11.7. The molecule has 0 amide bonds. The van der Waals surface area contributed by atoms with Gasteiger partial charge in [-0.3, -0.25) is 0 Å². The first-order chi connectivity index (χ1) is 8.02. The fourth-order valence-electron chi connectivity index (χ4n) is 1.28. The minimum atomic E-state index is -1.59. The molecule has 0 atom stereocenters. The van der Waals surface area contributed by atoms with E-state index in [-0.39, 0.29) is 22.1 Å². The highest BCUT2D eigenvalue weighted by Crippen LogP contribution is 2.31. The van der Waals surface area contributed by atoms with E-state index < -0.39 is 17.5 Å². The summed E-state index contributed by atoms with van der Waals surface area (Å²) < 4.78 is 39.3. The lowest BCUT2D eigenvalue weighted by atomic mass is 10.1. The molecule has 0 saturated heterocycles. The van der Waals surface area contributed by atoms with Crippen LogP contribution in [0.1, 0.15) is 0 Å². The maximum Gasteiger partial charge on any atom is 0.195 e. The van der Waals surface area contributed by atoms with E-state index in [0.717, 1.165) is 18.5 Å². The van der Waals surface area contributed by atoms with Gasteiger partial charge in [0.05, 0.1) is 5.69 Å². The van der Waals surface area contributed by atoms with Crippen LogP contribution < -0.4 is 5.73 Å². The van der Waals surface area contributed by atoms with E-state index in [1.807, 2.05) is 0 Å². The van der Waals surface area contributed by atoms with Crippen LogP contribution in [0, 0.1) is 17.5 Å².